The van der Waals surface area contributed by atoms with Crippen molar-refractivity contribution in [3.05, 3.63) is 29.8 Å². The number of rotatable bonds is 1. The zero-order chi connectivity index (χ0) is 22.5. The van der Waals surface area contributed by atoms with Crippen LogP contribution < -0.4 is 4.74 Å². The van der Waals surface area contributed by atoms with Crippen molar-refractivity contribution in [2.75, 3.05) is 32.8 Å². The molecule has 0 aliphatic carbocycles. The second kappa shape index (κ2) is 8.05. The Balaban J connectivity index is 1.22. The number of benzene rings is 1. The topological polar surface area (TPSA) is 59.1 Å². The summed E-state index contributed by atoms with van der Waals surface area (Å²) in [4.78, 5) is 28.6. The molecule has 0 unspecified atom stereocenters. The van der Waals surface area contributed by atoms with Gasteiger partial charge in [-0.1, -0.05) is 18.2 Å². The van der Waals surface area contributed by atoms with Crippen LogP contribution in [0, 0.1) is 17.3 Å². The molecule has 6 heteroatoms. The summed E-state index contributed by atoms with van der Waals surface area (Å²) in [6.07, 6.45) is 4.73. The molecular weight excluding hydrogens is 404 g/mol. The van der Waals surface area contributed by atoms with Crippen molar-refractivity contribution in [3.8, 4) is 5.75 Å². The molecule has 0 bridgehead atoms. The van der Waals surface area contributed by atoms with Gasteiger partial charge < -0.3 is 19.3 Å². The van der Waals surface area contributed by atoms with Gasteiger partial charge in [0.25, 0.3) is 0 Å². The van der Waals surface area contributed by atoms with Crippen LogP contribution in [0.4, 0.5) is 0 Å². The van der Waals surface area contributed by atoms with Crippen LogP contribution in [0.1, 0.15) is 64.5 Å². The van der Waals surface area contributed by atoms with E-state index in [0.29, 0.717) is 19.0 Å². The molecule has 3 saturated heterocycles. The normalized spacial score (nSPS) is 29.1. The molecule has 4 aliphatic rings. The molecule has 0 aromatic heterocycles. The first-order valence-electron chi connectivity index (χ1n) is 12.2. The van der Waals surface area contributed by atoms with Gasteiger partial charge in [-0.3, -0.25) is 9.59 Å². The highest BCUT2D eigenvalue weighted by Crippen LogP contribution is 2.55. The van der Waals surface area contributed by atoms with E-state index in [9.17, 15) is 9.59 Å². The average molecular weight is 441 g/mol. The molecule has 4 heterocycles. The van der Waals surface area contributed by atoms with Gasteiger partial charge in [0.15, 0.2) is 0 Å². The molecule has 2 amide bonds. The summed E-state index contributed by atoms with van der Waals surface area (Å²) in [5, 5.41) is 0. The molecule has 1 aromatic rings. The van der Waals surface area contributed by atoms with Crippen LogP contribution in [-0.2, 0) is 14.3 Å². The number of hydrogen-bond acceptors (Lipinski definition) is 4. The molecule has 0 N–H and O–H groups in total. The molecule has 0 radical (unpaired) electrons. The number of para-hydroxylation sites is 1. The summed E-state index contributed by atoms with van der Waals surface area (Å²) in [6, 6.07) is 8.28. The number of piperidine rings is 2. The van der Waals surface area contributed by atoms with Crippen molar-refractivity contribution >= 4 is 11.8 Å². The van der Waals surface area contributed by atoms with E-state index < -0.39 is 0 Å². The summed E-state index contributed by atoms with van der Waals surface area (Å²) in [6.45, 7) is 9.78. The van der Waals surface area contributed by atoms with Crippen LogP contribution in [0.15, 0.2) is 24.3 Å². The Bertz CT molecular complexity index is 882. The van der Waals surface area contributed by atoms with Crippen LogP contribution in [0.2, 0.25) is 0 Å². The highest BCUT2D eigenvalue weighted by Gasteiger charge is 2.53. The zero-order valence-corrected chi connectivity index (χ0v) is 19.6. The van der Waals surface area contributed by atoms with Crippen molar-refractivity contribution < 1.29 is 19.1 Å². The van der Waals surface area contributed by atoms with E-state index in [2.05, 4.69) is 30.9 Å². The van der Waals surface area contributed by atoms with Crippen molar-refractivity contribution in [2.45, 2.75) is 64.6 Å². The number of ether oxygens (including phenoxy) is 2. The van der Waals surface area contributed by atoms with Gasteiger partial charge >= 0.3 is 0 Å². The van der Waals surface area contributed by atoms with E-state index >= 15 is 0 Å². The number of carbonyl (C=O) groups excluding carboxylic acids is 2. The van der Waals surface area contributed by atoms with E-state index in [-0.39, 0.29) is 34.9 Å². The molecule has 4 aliphatic heterocycles. The smallest absolute Gasteiger partial charge is 0.225 e. The first-order valence-corrected chi connectivity index (χ1v) is 12.2. The summed E-state index contributed by atoms with van der Waals surface area (Å²) in [5.74, 6) is 1.72. The van der Waals surface area contributed by atoms with Gasteiger partial charge in [0.2, 0.25) is 11.8 Å². The monoisotopic (exact) mass is 440 g/mol. The first kappa shape index (κ1) is 21.7. The molecule has 1 spiro atoms. The second-order valence-electron chi connectivity index (χ2n) is 10.9. The third-order valence-corrected chi connectivity index (χ3v) is 8.50. The minimum atomic E-state index is -0.274. The molecule has 32 heavy (non-hydrogen) atoms. The Morgan fingerprint density at radius 3 is 2.38 bits per heavy atom. The van der Waals surface area contributed by atoms with E-state index in [4.69, 9.17) is 9.47 Å². The van der Waals surface area contributed by atoms with E-state index in [1.54, 1.807) is 6.92 Å². The van der Waals surface area contributed by atoms with Gasteiger partial charge in [-0.2, -0.15) is 0 Å². The largest absolute Gasteiger partial charge is 0.487 e. The lowest BCUT2D eigenvalue weighted by atomic mass is 9.64. The van der Waals surface area contributed by atoms with Crippen molar-refractivity contribution in [3.63, 3.8) is 0 Å². The van der Waals surface area contributed by atoms with Gasteiger partial charge in [-0.05, 0) is 57.4 Å². The molecular formula is C26H36N2O4. The van der Waals surface area contributed by atoms with Crippen LogP contribution in [0.25, 0.3) is 0 Å². The van der Waals surface area contributed by atoms with Gasteiger partial charge in [-0.25, -0.2) is 0 Å². The lowest BCUT2D eigenvalue weighted by molar-refractivity contribution is -0.177. The standard InChI is InChI=1S/C26H36N2O4/c1-18(29)27-12-8-19(9-13-27)24(30)28-14-10-26(11-15-28)16-21-23(31-17-26)20-6-4-5-7-22(20)32-25(21,2)3/h4-7,19,21,23H,8-17H2,1-3H3/t21-,23+/m0/s1. The Labute approximate surface area is 191 Å². The maximum Gasteiger partial charge on any atom is 0.225 e. The number of amides is 2. The van der Waals surface area contributed by atoms with E-state index in [0.717, 1.165) is 57.6 Å². The van der Waals surface area contributed by atoms with Gasteiger partial charge in [0.05, 0.1) is 12.7 Å². The van der Waals surface area contributed by atoms with Crippen LogP contribution in [0.3, 0.4) is 0 Å². The minimum Gasteiger partial charge on any atom is -0.487 e. The fraction of sp³-hybridized carbons (Fsp3) is 0.692. The fourth-order valence-electron chi connectivity index (χ4n) is 6.35. The predicted octanol–water partition coefficient (Wildman–Crippen LogP) is 3.80. The van der Waals surface area contributed by atoms with Crippen molar-refractivity contribution in [1.82, 2.24) is 9.80 Å². The highest BCUT2D eigenvalue weighted by molar-refractivity contribution is 5.80. The molecule has 6 nitrogen and oxygen atoms in total. The maximum atomic E-state index is 13.1. The van der Waals surface area contributed by atoms with Gasteiger partial charge in [-0.15, -0.1) is 0 Å². The Hall–Kier alpha value is -2.08. The summed E-state index contributed by atoms with van der Waals surface area (Å²) in [5.41, 5.74) is 1.03. The Morgan fingerprint density at radius 2 is 1.69 bits per heavy atom. The van der Waals surface area contributed by atoms with E-state index in [1.807, 2.05) is 17.0 Å². The van der Waals surface area contributed by atoms with E-state index in [1.165, 1.54) is 5.56 Å². The van der Waals surface area contributed by atoms with Gasteiger partial charge in [0, 0.05) is 50.5 Å². The third kappa shape index (κ3) is 3.81. The van der Waals surface area contributed by atoms with Crippen LogP contribution in [0.5, 0.6) is 5.75 Å². The molecule has 1 aromatic carbocycles. The zero-order valence-electron chi connectivity index (χ0n) is 19.6. The maximum absolute atomic E-state index is 13.1. The Morgan fingerprint density at radius 1 is 1.00 bits per heavy atom. The summed E-state index contributed by atoms with van der Waals surface area (Å²) >= 11 is 0. The van der Waals surface area contributed by atoms with Gasteiger partial charge in [0.1, 0.15) is 11.4 Å². The summed E-state index contributed by atoms with van der Waals surface area (Å²) in [7, 11) is 0. The SMILES string of the molecule is CC(=O)N1CCC(C(=O)N2CCC3(CC2)CO[C@@H]2c4ccccc4OC(C)(C)[C@H]2C3)CC1. The molecule has 2 atom stereocenters. The second-order valence-corrected chi connectivity index (χ2v) is 10.9. The fourth-order valence-corrected chi connectivity index (χ4v) is 6.35. The number of fused-ring (bicyclic) bond motifs is 3. The number of hydrogen-bond donors (Lipinski definition) is 0. The lowest BCUT2D eigenvalue weighted by Gasteiger charge is -2.54. The lowest BCUT2D eigenvalue weighted by Crippen LogP contribution is -2.55. The quantitative estimate of drug-likeness (QED) is 0.667. The number of likely N-dealkylation sites (tertiary alicyclic amines) is 2. The Kier molecular flexibility index (Phi) is 5.47. The molecule has 3 fully saturated rings. The third-order valence-electron chi connectivity index (χ3n) is 8.50. The average Bonchev–Trinajstić information content (AvgIpc) is 2.79. The van der Waals surface area contributed by atoms with Crippen LogP contribution in [-0.4, -0.2) is 60.0 Å². The van der Waals surface area contributed by atoms with Crippen molar-refractivity contribution in [1.29, 1.82) is 0 Å². The molecule has 5 rings (SSSR count). The van der Waals surface area contributed by atoms with Crippen LogP contribution >= 0.6 is 0 Å². The number of nitrogens with zero attached hydrogens (tertiary/aromatic N) is 2. The first-order chi connectivity index (χ1) is 15.3. The van der Waals surface area contributed by atoms with Crippen molar-refractivity contribution in [2.24, 2.45) is 17.3 Å². The highest BCUT2D eigenvalue weighted by atomic mass is 16.5. The number of carbonyl (C=O) groups is 2. The molecule has 0 saturated carbocycles. The summed E-state index contributed by atoms with van der Waals surface area (Å²) < 4.78 is 13.0. The predicted molar refractivity (Wildman–Crippen MR) is 121 cm³/mol. The minimum absolute atomic E-state index is 0.0637. The molecule has 174 valence electrons.